The molecule has 0 atom stereocenters. The van der Waals surface area contributed by atoms with E-state index in [1.807, 2.05) is 35.7 Å². The molecule has 1 aromatic heterocycles. The van der Waals surface area contributed by atoms with Gasteiger partial charge in [0.15, 0.2) is 0 Å². The maximum atomic E-state index is 12.1. The van der Waals surface area contributed by atoms with E-state index in [1.54, 1.807) is 0 Å². The molecule has 0 unspecified atom stereocenters. The van der Waals surface area contributed by atoms with E-state index in [-0.39, 0.29) is 5.91 Å². The molecule has 110 valence electrons. The van der Waals surface area contributed by atoms with Crippen LogP contribution in [-0.2, 0) is 0 Å². The number of halogens is 1. The number of anilines is 1. The van der Waals surface area contributed by atoms with Crippen LogP contribution in [-0.4, -0.2) is 12.0 Å². The van der Waals surface area contributed by atoms with Crippen LogP contribution < -0.4 is 10.1 Å². The van der Waals surface area contributed by atoms with E-state index < -0.39 is 0 Å². The highest BCUT2D eigenvalue weighted by molar-refractivity contribution is 9.10. The predicted molar refractivity (Wildman–Crippen MR) is 89.3 cm³/mol. The summed E-state index contributed by atoms with van der Waals surface area (Å²) in [5.74, 6) is 0.776. The van der Waals surface area contributed by atoms with Gasteiger partial charge in [-0.1, -0.05) is 0 Å². The van der Waals surface area contributed by atoms with Gasteiger partial charge in [-0.05, 0) is 77.3 Å². The van der Waals surface area contributed by atoms with Gasteiger partial charge in [-0.2, -0.15) is 0 Å². The van der Waals surface area contributed by atoms with E-state index in [4.69, 9.17) is 4.74 Å². The first kappa shape index (κ1) is 14.6. The molecular formula is C16H16BrNO2S. The first-order valence-corrected chi connectivity index (χ1v) is 8.71. The fourth-order valence-electron chi connectivity index (χ4n) is 2.46. The van der Waals surface area contributed by atoms with Gasteiger partial charge >= 0.3 is 0 Å². The third-order valence-electron chi connectivity index (χ3n) is 3.54. The van der Waals surface area contributed by atoms with Crippen LogP contribution in [0, 0.1) is 0 Å². The number of hydrogen-bond donors (Lipinski definition) is 1. The van der Waals surface area contributed by atoms with E-state index >= 15 is 0 Å². The van der Waals surface area contributed by atoms with Crippen molar-refractivity contribution in [3.63, 3.8) is 0 Å². The zero-order valence-corrected chi connectivity index (χ0v) is 13.9. The minimum absolute atomic E-state index is 0.0960. The van der Waals surface area contributed by atoms with Crippen molar-refractivity contribution in [2.75, 3.05) is 5.32 Å². The molecule has 1 saturated carbocycles. The number of benzene rings is 1. The predicted octanol–water partition coefficient (Wildman–Crippen LogP) is 5.08. The Morgan fingerprint density at radius 2 is 1.90 bits per heavy atom. The van der Waals surface area contributed by atoms with Crippen LogP contribution in [0.25, 0.3) is 0 Å². The van der Waals surface area contributed by atoms with Crippen molar-refractivity contribution >= 4 is 38.9 Å². The van der Waals surface area contributed by atoms with Gasteiger partial charge in [0.05, 0.1) is 6.10 Å². The van der Waals surface area contributed by atoms with Crippen molar-refractivity contribution in [3.05, 3.63) is 45.1 Å². The van der Waals surface area contributed by atoms with Crippen LogP contribution in [0.5, 0.6) is 5.75 Å². The fraction of sp³-hybridized carbons (Fsp3) is 0.312. The monoisotopic (exact) mass is 365 g/mol. The van der Waals surface area contributed by atoms with Crippen LogP contribution in [0.2, 0.25) is 0 Å². The second-order valence-electron chi connectivity index (χ2n) is 5.10. The smallest absolute Gasteiger partial charge is 0.266 e. The van der Waals surface area contributed by atoms with Crippen molar-refractivity contribution < 1.29 is 9.53 Å². The number of carbonyl (C=O) groups excluding carboxylic acids is 1. The van der Waals surface area contributed by atoms with E-state index in [1.165, 1.54) is 24.2 Å². The summed E-state index contributed by atoms with van der Waals surface area (Å²) in [5.41, 5.74) is 0.777. The Morgan fingerprint density at radius 3 is 2.52 bits per heavy atom. The van der Waals surface area contributed by atoms with E-state index in [2.05, 4.69) is 21.2 Å². The molecule has 1 aliphatic rings. The fourth-order valence-corrected chi connectivity index (χ4v) is 3.91. The molecular weight excluding hydrogens is 350 g/mol. The number of hydrogen-bond acceptors (Lipinski definition) is 3. The maximum Gasteiger partial charge on any atom is 0.266 e. The molecule has 1 amide bonds. The van der Waals surface area contributed by atoms with E-state index in [0.717, 1.165) is 28.8 Å². The third-order valence-corrected chi connectivity index (χ3v) is 5.38. The standard InChI is InChI=1S/C16H16BrNO2S/c17-14-9-10-21-15(14)16(19)18-11-5-7-13(8-6-11)20-12-3-1-2-4-12/h5-10,12H,1-4H2,(H,18,19). The molecule has 1 fully saturated rings. The number of amides is 1. The molecule has 1 N–H and O–H groups in total. The Labute approximate surface area is 136 Å². The van der Waals surface area contributed by atoms with Gasteiger partial charge in [0.2, 0.25) is 0 Å². The summed E-state index contributed by atoms with van der Waals surface area (Å²) in [6.07, 6.45) is 5.16. The number of thiophene rings is 1. The topological polar surface area (TPSA) is 38.3 Å². The van der Waals surface area contributed by atoms with Gasteiger partial charge in [-0.3, -0.25) is 4.79 Å². The first-order valence-electron chi connectivity index (χ1n) is 7.03. The van der Waals surface area contributed by atoms with Crippen LogP contribution in [0.15, 0.2) is 40.2 Å². The summed E-state index contributed by atoms with van der Waals surface area (Å²) in [5, 5.41) is 4.78. The Bertz CT molecular complexity index is 617. The van der Waals surface area contributed by atoms with Crippen molar-refractivity contribution in [3.8, 4) is 5.75 Å². The van der Waals surface area contributed by atoms with Gasteiger partial charge in [0, 0.05) is 10.2 Å². The van der Waals surface area contributed by atoms with Crippen molar-refractivity contribution in [2.45, 2.75) is 31.8 Å². The van der Waals surface area contributed by atoms with Crippen LogP contribution in [0.1, 0.15) is 35.4 Å². The highest BCUT2D eigenvalue weighted by atomic mass is 79.9. The molecule has 3 rings (SSSR count). The highest BCUT2D eigenvalue weighted by Crippen LogP contribution is 2.26. The minimum atomic E-state index is -0.0960. The Hall–Kier alpha value is -1.33. The summed E-state index contributed by atoms with van der Waals surface area (Å²) in [6.45, 7) is 0. The quantitative estimate of drug-likeness (QED) is 0.819. The lowest BCUT2D eigenvalue weighted by molar-refractivity contribution is 0.103. The molecule has 0 spiro atoms. The van der Waals surface area contributed by atoms with E-state index in [9.17, 15) is 4.79 Å². The molecule has 0 bridgehead atoms. The minimum Gasteiger partial charge on any atom is -0.490 e. The van der Waals surface area contributed by atoms with Crippen molar-refractivity contribution in [2.24, 2.45) is 0 Å². The van der Waals surface area contributed by atoms with Crippen molar-refractivity contribution in [1.29, 1.82) is 0 Å². The average molecular weight is 366 g/mol. The lowest BCUT2D eigenvalue weighted by Crippen LogP contribution is -2.12. The molecule has 1 heterocycles. The third kappa shape index (κ3) is 3.66. The molecule has 3 nitrogen and oxygen atoms in total. The van der Waals surface area contributed by atoms with Gasteiger partial charge in [0.1, 0.15) is 10.6 Å². The molecule has 21 heavy (non-hydrogen) atoms. The molecule has 0 aliphatic heterocycles. The average Bonchev–Trinajstić information content (AvgIpc) is 3.12. The number of carbonyl (C=O) groups is 1. The molecule has 2 aromatic rings. The van der Waals surface area contributed by atoms with Crippen LogP contribution in [0.4, 0.5) is 5.69 Å². The Balaban J connectivity index is 1.61. The summed E-state index contributed by atoms with van der Waals surface area (Å²) in [7, 11) is 0. The summed E-state index contributed by atoms with van der Waals surface area (Å²) in [6, 6.07) is 9.46. The first-order chi connectivity index (χ1) is 10.2. The zero-order valence-electron chi connectivity index (χ0n) is 11.5. The summed E-state index contributed by atoms with van der Waals surface area (Å²) < 4.78 is 6.73. The Kier molecular flexibility index (Phi) is 4.60. The van der Waals surface area contributed by atoms with Crippen molar-refractivity contribution in [1.82, 2.24) is 0 Å². The molecule has 5 heteroatoms. The summed E-state index contributed by atoms with van der Waals surface area (Å²) >= 11 is 4.79. The summed E-state index contributed by atoms with van der Waals surface area (Å²) in [4.78, 5) is 12.8. The van der Waals surface area contributed by atoms with E-state index in [0.29, 0.717) is 11.0 Å². The Morgan fingerprint density at radius 1 is 1.19 bits per heavy atom. The highest BCUT2D eigenvalue weighted by Gasteiger charge is 2.16. The van der Waals surface area contributed by atoms with Crippen LogP contribution >= 0.6 is 27.3 Å². The lowest BCUT2D eigenvalue weighted by Gasteiger charge is -2.13. The number of ether oxygens (including phenoxy) is 1. The lowest BCUT2D eigenvalue weighted by atomic mass is 10.2. The maximum absolute atomic E-state index is 12.1. The van der Waals surface area contributed by atoms with Crippen LogP contribution in [0.3, 0.4) is 0 Å². The van der Waals surface area contributed by atoms with Gasteiger partial charge in [-0.25, -0.2) is 0 Å². The second-order valence-corrected chi connectivity index (χ2v) is 6.87. The van der Waals surface area contributed by atoms with Gasteiger partial charge < -0.3 is 10.1 Å². The SMILES string of the molecule is O=C(Nc1ccc(OC2CCCC2)cc1)c1sccc1Br. The molecule has 1 aliphatic carbocycles. The largest absolute Gasteiger partial charge is 0.490 e. The molecule has 0 radical (unpaired) electrons. The number of rotatable bonds is 4. The van der Waals surface area contributed by atoms with Gasteiger partial charge in [-0.15, -0.1) is 11.3 Å². The number of nitrogens with one attached hydrogen (secondary N) is 1. The normalized spacial score (nSPS) is 15.1. The molecule has 0 saturated heterocycles. The second kappa shape index (κ2) is 6.62. The zero-order chi connectivity index (χ0) is 14.7. The van der Waals surface area contributed by atoms with Gasteiger partial charge in [0.25, 0.3) is 5.91 Å². The molecule has 1 aromatic carbocycles.